The summed E-state index contributed by atoms with van der Waals surface area (Å²) in [6.07, 6.45) is 5.89. The molecule has 5 atom stereocenters. The molecule has 18 heavy (non-hydrogen) atoms. The average molecular weight is 241 g/mol. The van der Waals surface area contributed by atoms with Crippen LogP contribution in [0, 0.1) is 23.7 Å². The van der Waals surface area contributed by atoms with Crippen LogP contribution in [0.1, 0.15) is 32.6 Å². The average Bonchev–Trinajstić information content (AvgIpc) is 2.37. The highest BCUT2D eigenvalue weighted by molar-refractivity contribution is 5.49. The van der Waals surface area contributed by atoms with E-state index in [1.165, 1.54) is 37.9 Å². The molecule has 3 fully saturated rings. The Morgan fingerprint density at radius 2 is 1.89 bits per heavy atom. The van der Waals surface area contributed by atoms with Gasteiger partial charge in [-0.3, -0.25) is 0 Å². The zero-order chi connectivity index (χ0) is 12.1. The largest absolute Gasteiger partial charge is 0.368 e. The van der Waals surface area contributed by atoms with Gasteiger partial charge in [0.05, 0.1) is 0 Å². The molecule has 1 aliphatic heterocycles. The van der Waals surface area contributed by atoms with Crippen LogP contribution in [0.4, 0.5) is 5.69 Å². The zero-order valence-electron chi connectivity index (χ0n) is 11.3. The molecule has 1 aromatic rings. The summed E-state index contributed by atoms with van der Waals surface area (Å²) in [4.78, 5) is 2.72. The van der Waals surface area contributed by atoms with E-state index in [-0.39, 0.29) is 0 Å². The second kappa shape index (κ2) is 4.01. The topological polar surface area (TPSA) is 3.24 Å². The fourth-order valence-electron chi connectivity index (χ4n) is 4.98. The van der Waals surface area contributed by atoms with E-state index in [0.717, 1.165) is 29.7 Å². The molecule has 3 aliphatic rings. The number of piperidine rings is 1. The molecule has 2 aliphatic carbocycles. The Labute approximate surface area is 110 Å². The molecular weight excluding hydrogens is 218 g/mol. The van der Waals surface area contributed by atoms with Crippen molar-refractivity contribution in [3.05, 3.63) is 30.3 Å². The lowest BCUT2D eigenvalue weighted by Crippen LogP contribution is -2.63. The molecule has 5 unspecified atom stereocenters. The first-order chi connectivity index (χ1) is 8.86. The van der Waals surface area contributed by atoms with Crippen molar-refractivity contribution in [1.82, 2.24) is 0 Å². The molecule has 2 saturated carbocycles. The smallest absolute Gasteiger partial charge is 0.0368 e. The van der Waals surface area contributed by atoms with E-state index >= 15 is 0 Å². The molecular formula is C17H23N. The first-order valence-corrected chi connectivity index (χ1v) is 7.68. The molecule has 1 aromatic carbocycles. The lowest BCUT2D eigenvalue weighted by molar-refractivity contribution is -0.0300. The predicted molar refractivity (Wildman–Crippen MR) is 75.7 cm³/mol. The van der Waals surface area contributed by atoms with Crippen LogP contribution in [-0.2, 0) is 0 Å². The third kappa shape index (κ3) is 1.46. The van der Waals surface area contributed by atoms with Gasteiger partial charge in [0.1, 0.15) is 0 Å². The fourth-order valence-corrected chi connectivity index (χ4v) is 4.98. The maximum Gasteiger partial charge on any atom is 0.0368 e. The first kappa shape index (κ1) is 10.9. The number of anilines is 1. The zero-order valence-corrected chi connectivity index (χ0v) is 11.3. The van der Waals surface area contributed by atoms with Crippen LogP contribution in [0.25, 0.3) is 0 Å². The molecule has 0 radical (unpaired) electrons. The Hall–Kier alpha value is -0.980. The second-order valence-corrected chi connectivity index (χ2v) is 6.62. The van der Waals surface area contributed by atoms with E-state index in [1.54, 1.807) is 0 Å². The summed E-state index contributed by atoms with van der Waals surface area (Å²) in [5, 5.41) is 0. The van der Waals surface area contributed by atoms with E-state index < -0.39 is 0 Å². The summed E-state index contributed by atoms with van der Waals surface area (Å²) < 4.78 is 0. The SMILES string of the molecule is CCC1CC2CC3C1CC3N(c1ccccc1)C2. The minimum atomic E-state index is 0.864. The Bertz CT molecular complexity index is 426. The third-order valence-electron chi connectivity index (χ3n) is 5.87. The van der Waals surface area contributed by atoms with Gasteiger partial charge in [-0.05, 0) is 55.1 Å². The molecule has 0 amide bonds. The van der Waals surface area contributed by atoms with Gasteiger partial charge in [-0.25, -0.2) is 0 Å². The van der Waals surface area contributed by atoms with Crippen LogP contribution in [-0.4, -0.2) is 12.6 Å². The van der Waals surface area contributed by atoms with E-state index in [1.807, 2.05) is 0 Å². The number of fused-ring (bicyclic) bond motifs is 1. The summed E-state index contributed by atoms with van der Waals surface area (Å²) in [5.41, 5.74) is 1.46. The van der Waals surface area contributed by atoms with Crippen molar-refractivity contribution in [3.63, 3.8) is 0 Å². The van der Waals surface area contributed by atoms with E-state index in [0.29, 0.717) is 0 Å². The highest BCUT2D eigenvalue weighted by atomic mass is 15.2. The van der Waals surface area contributed by atoms with Gasteiger partial charge in [0.15, 0.2) is 0 Å². The lowest BCUT2D eigenvalue weighted by atomic mass is 9.52. The Morgan fingerprint density at radius 3 is 2.67 bits per heavy atom. The normalized spacial score (nSPS) is 41.4. The van der Waals surface area contributed by atoms with Gasteiger partial charge in [-0.2, -0.15) is 0 Å². The molecule has 1 heterocycles. The van der Waals surface area contributed by atoms with Gasteiger partial charge < -0.3 is 4.90 Å². The molecule has 96 valence electrons. The fraction of sp³-hybridized carbons (Fsp3) is 0.647. The number of rotatable bonds is 2. The molecule has 0 spiro atoms. The van der Waals surface area contributed by atoms with Gasteiger partial charge in [0.25, 0.3) is 0 Å². The van der Waals surface area contributed by atoms with Crippen molar-refractivity contribution in [1.29, 1.82) is 0 Å². The van der Waals surface area contributed by atoms with Crippen LogP contribution in [0.2, 0.25) is 0 Å². The summed E-state index contributed by atoms with van der Waals surface area (Å²) in [7, 11) is 0. The number of para-hydroxylation sites is 1. The number of hydrogen-bond donors (Lipinski definition) is 0. The number of nitrogens with zero attached hydrogens (tertiary/aromatic N) is 1. The summed E-state index contributed by atoms with van der Waals surface area (Å²) >= 11 is 0. The van der Waals surface area contributed by atoms with Gasteiger partial charge in [-0.15, -0.1) is 0 Å². The second-order valence-electron chi connectivity index (χ2n) is 6.62. The van der Waals surface area contributed by atoms with Crippen molar-refractivity contribution in [2.75, 3.05) is 11.4 Å². The molecule has 1 saturated heterocycles. The van der Waals surface area contributed by atoms with Gasteiger partial charge in [0, 0.05) is 18.3 Å². The molecule has 0 N–H and O–H groups in total. The van der Waals surface area contributed by atoms with Gasteiger partial charge in [0.2, 0.25) is 0 Å². The van der Waals surface area contributed by atoms with Crippen molar-refractivity contribution in [2.45, 2.75) is 38.6 Å². The summed E-state index contributed by atoms with van der Waals surface area (Å²) in [6.45, 7) is 3.71. The molecule has 4 rings (SSSR count). The summed E-state index contributed by atoms with van der Waals surface area (Å²) in [6, 6.07) is 12.0. The van der Waals surface area contributed by atoms with Crippen LogP contribution in [0.3, 0.4) is 0 Å². The first-order valence-electron chi connectivity index (χ1n) is 7.68. The quantitative estimate of drug-likeness (QED) is 0.758. The van der Waals surface area contributed by atoms with E-state index in [9.17, 15) is 0 Å². The van der Waals surface area contributed by atoms with Crippen LogP contribution in [0.5, 0.6) is 0 Å². The Balaban J connectivity index is 1.61. The van der Waals surface area contributed by atoms with Crippen molar-refractivity contribution in [2.24, 2.45) is 23.7 Å². The molecule has 2 bridgehead atoms. The van der Waals surface area contributed by atoms with Crippen LogP contribution >= 0.6 is 0 Å². The predicted octanol–water partition coefficient (Wildman–Crippen LogP) is 3.95. The molecule has 0 aromatic heterocycles. The van der Waals surface area contributed by atoms with Crippen molar-refractivity contribution < 1.29 is 0 Å². The minimum Gasteiger partial charge on any atom is -0.368 e. The molecule has 1 heteroatoms. The number of benzene rings is 1. The minimum absolute atomic E-state index is 0.864. The van der Waals surface area contributed by atoms with Gasteiger partial charge >= 0.3 is 0 Å². The highest BCUT2D eigenvalue weighted by Crippen LogP contribution is 2.56. The standard InChI is InChI=1S/C17H23N/c1-2-13-8-12-9-16-15(13)10-17(16)18(11-12)14-6-4-3-5-7-14/h3-7,12-13,15-17H,2,8-11H2,1H3. The highest BCUT2D eigenvalue weighted by Gasteiger charge is 2.54. The Kier molecular flexibility index (Phi) is 2.43. The monoisotopic (exact) mass is 241 g/mol. The lowest BCUT2D eigenvalue weighted by Gasteiger charge is -2.62. The Morgan fingerprint density at radius 1 is 1.06 bits per heavy atom. The summed E-state index contributed by atoms with van der Waals surface area (Å²) in [5.74, 6) is 4.08. The van der Waals surface area contributed by atoms with E-state index in [2.05, 4.69) is 42.2 Å². The van der Waals surface area contributed by atoms with Crippen molar-refractivity contribution in [3.8, 4) is 0 Å². The number of hydrogen-bond acceptors (Lipinski definition) is 1. The van der Waals surface area contributed by atoms with E-state index in [4.69, 9.17) is 0 Å². The van der Waals surface area contributed by atoms with Crippen molar-refractivity contribution >= 4 is 5.69 Å². The maximum absolute atomic E-state index is 2.72. The van der Waals surface area contributed by atoms with Crippen LogP contribution in [0.15, 0.2) is 30.3 Å². The maximum atomic E-state index is 2.72. The van der Waals surface area contributed by atoms with Crippen LogP contribution < -0.4 is 4.90 Å². The third-order valence-corrected chi connectivity index (χ3v) is 5.87. The van der Waals surface area contributed by atoms with Gasteiger partial charge in [-0.1, -0.05) is 31.5 Å². The molecule has 1 nitrogen and oxygen atoms in total.